The van der Waals surface area contributed by atoms with E-state index in [2.05, 4.69) is 0 Å². The van der Waals surface area contributed by atoms with Crippen LogP contribution in [-0.2, 0) is 14.3 Å². The minimum absolute atomic E-state index is 0.0517. The van der Waals surface area contributed by atoms with Crippen molar-refractivity contribution in [3.63, 3.8) is 0 Å². The van der Waals surface area contributed by atoms with E-state index in [-0.39, 0.29) is 23.8 Å². The smallest absolute Gasteiger partial charge is 0.310 e. The van der Waals surface area contributed by atoms with Crippen molar-refractivity contribution in [1.82, 2.24) is 4.90 Å². The minimum Gasteiger partial charge on any atom is -0.497 e. The lowest BCUT2D eigenvalue weighted by molar-refractivity contribution is -0.146. The van der Waals surface area contributed by atoms with Crippen LogP contribution < -0.4 is 4.74 Å². The maximum atomic E-state index is 13.1. The van der Waals surface area contributed by atoms with Gasteiger partial charge in [-0.15, -0.1) is 0 Å². The molecule has 0 heterocycles. The fourth-order valence-corrected chi connectivity index (χ4v) is 3.74. The first-order valence-electron chi connectivity index (χ1n) is 10.3. The summed E-state index contributed by atoms with van der Waals surface area (Å²) in [5, 5.41) is 0. The summed E-state index contributed by atoms with van der Waals surface area (Å²) in [5.41, 5.74) is 0.909. The largest absolute Gasteiger partial charge is 0.497 e. The van der Waals surface area contributed by atoms with E-state index in [1.54, 1.807) is 13.2 Å². The molecule has 0 saturated heterocycles. The first-order chi connectivity index (χ1) is 13.5. The summed E-state index contributed by atoms with van der Waals surface area (Å²) in [5.74, 6) is 0.0833. The zero-order chi connectivity index (χ0) is 20.4. The third-order valence-corrected chi connectivity index (χ3v) is 5.38. The van der Waals surface area contributed by atoms with Crippen LogP contribution in [0, 0.1) is 5.92 Å². The number of carbonyl (C=O) groups excluding carboxylic acids is 2. The molecule has 1 atom stereocenters. The van der Waals surface area contributed by atoms with Gasteiger partial charge < -0.3 is 14.4 Å². The Hall–Kier alpha value is -2.30. The van der Waals surface area contributed by atoms with E-state index in [1.807, 2.05) is 42.2 Å². The summed E-state index contributed by atoms with van der Waals surface area (Å²) < 4.78 is 10.1. The number of hydrogen-bond donors (Lipinski definition) is 0. The number of benzene rings is 1. The summed E-state index contributed by atoms with van der Waals surface area (Å²) in [7, 11) is 3.02. The standard InChI is InChI=1S/C23H33NO4/c1-18(23(26)28-3)17-24(20-11-7-5-4-6-8-12-20)22(25)15-14-19-10-9-13-21(16-19)27-2/h9-10,13-16,18,20H,4-8,11-12,17H2,1-3H3/b15-14+. The molecule has 1 aliphatic rings. The van der Waals surface area contributed by atoms with Gasteiger partial charge >= 0.3 is 5.97 Å². The zero-order valence-electron chi connectivity index (χ0n) is 17.4. The van der Waals surface area contributed by atoms with Crippen molar-refractivity contribution in [2.24, 2.45) is 5.92 Å². The van der Waals surface area contributed by atoms with Gasteiger partial charge in [-0.05, 0) is 36.6 Å². The maximum absolute atomic E-state index is 13.1. The average molecular weight is 388 g/mol. The number of hydrogen-bond acceptors (Lipinski definition) is 4. The molecule has 0 N–H and O–H groups in total. The molecule has 1 saturated carbocycles. The van der Waals surface area contributed by atoms with Crippen LogP contribution >= 0.6 is 0 Å². The van der Waals surface area contributed by atoms with Crippen molar-refractivity contribution in [2.75, 3.05) is 20.8 Å². The summed E-state index contributed by atoms with van der Waals surface area (Å²) in [6, 6.07) is 7.77. The van der Waals surface area contributed by atoms with Crippen molar-refractivity contribution >= 4 is 18.0 Å². The van der Waals surface area contributed by atoms with Crippen LogP contribution in [0.2, 0.25) is 0 Å². The van der Waals surface area contributed by atoms with Gasteiger partial charge in [-0.1, -0.05) is 51.2 Å². The molecule has 0 bridgehead atoms. The highest BCUT2D eigenvalue weighted by Crippen LogP contribution is 2.23. The van der Waals surface area contributed by atoms with Crippen molar-refractivity contribution in [3.05, 3.63) is 35.9 Å². The number of carbonyl (C=O) groups is 2. The normalized spacial score (nSPS) is 16.8. The summed E-state index contributed by atoms with van der Waals surface area (Å²) in [6.07, 6.45) is 11.4. The lowest BCUT2D eigenvalue weighted by Gasteiger charge is -2.34. The summed E-state index contributed by atoms with van der Waals surface area (Å²) in [6.45, 7) is 2.21. The highest BCUT2D eigenvalue weighted by Gasteiger charge is 2.27. The Balaban J connectivity index is 2.16. The van der Waals surface area contributed by atoms with Gasteiger partial charge in [0.2, 0.25) is 5.91 Å². The molecule has 0 spiro atoms. The molecular formula is C23H33NO4. The van der Waals surface area contributed by atoms with E-state index in [0.29, 0.717) is 6.54 Å². The van der Waals surface area contributed by atoms with Gasteiger partial charge in [-0.25, -0.2) is 0 Å². The Labute approximate surface area is 168 Å². The molecule has 154 valence electrons. The Morgan fingerprint density at radius 1 is 1.14 bits per heavy atom. The van der Waals surface area contributed by atoms with E-state index in [1.165, 1.54) is 26.4 Å². The van der Waals surface area contributed by atoms with E-state index >= 15 is 0 Å². The molecule has 1 aromatic carbocycles. The van der Waals surface area contributed by atoms with Crippen molar-refractivity contribution in [1.29, 1.82) is 0 Å². The van der Waals surface area contributed by atoms with E-state index < -0.39 is 0 Å². The van der Waals surface area contributed by atoms with E-state index in [9.17, 15) is 9.59 Å². The van der Waals surface area contributed by atoms with Crippen LogP contribution in [0.5, 0.6) is 5.75 Å². The molecule has 28 heavy (non-hydrogen) atoms. The summed E-state index contributed by atoms with van der Waals surface area (Å²) in [4.78, 5) is 26.9. The highest BCUT2D eigenvalue weighted by atomic mass is 16.5. The van der Waals surface area contributed by atoms with Gasteiger partial charge in [0.15, 0.2) is 0 Å². The highest BCUT2D eigenvalue weighted by molar-refractivity contribution is 5.92. The minimum atomic E-state index is -0.343. The molecular weight excluding hydrogens is 354 g/mol. The molecule has 1 aromatic rings. The van der Waals surface area contributed by atoms with Gasteiger partial charge in [0.1, 0.15) is 5.75 Å². The fourth-order valence-electron chi connectivity index (χ4n) is 3.74. The molecule has 1 unspecified atom stereocenters. The second kappa shape index (κ2) is 11.5. The van der Waals surface area contributed by atoms with Crippen LogP contribution in [0.4, 0.5) is 0 Å². The zero-order valence-corrected chi connectivity index (χ0v) is 17.4. The molecule has 0 aromatic heterocycles. The van der Waals surface area contributed by atoms with Crippen LogP contribution in [0.25, 0.3) is 6.08 Å². The number of esters is 1. The predicted octanol–water partition coefficient (Wildman–Crippen LogP) is 4.46. The Bertz CT molecular complexity index is 662. The van der Waals surface area contributed by atoms with Crippen LogP contribution in [0.15, 0.2) is 30.3 Å². The van der Waals surface area contributed by atoms with Crippen LogP contribution in [0.1, 0.15) is 57.4 Å². The number of amides is 1. The van der Waals surface area contributed by atoms with E-state index in [0.717, 1.165) is 37.0 Å². The van der Waals surface area contributed by atoms with Crippen LogP contribution in [-0.4, -0.2) is 43.6 Å². The van der Waals surface area contributed by atoms with Gasteiger partial charge in [0.25, 0.3) is 0 Å². The first kappa shape index (κ1) is 22.0. The lowest BCUT2D eigenvalue weighted by atomic mass is 9.94. The van der Waals surface area contributed by atoms with Gasteiger partial charge in [0, 0.05) is 18.7 Å². The van der Waals surface area contributed by atoms with Crippen molar-refractivity contribution < 1.29 is 19.1 Å². The number of nitrogens with zero attached hydrogens (tertiary/aromatic N) is 1. The topological polar surface area (TPSA) is 55.8 Å². The quantitative estimate of drug-likeness (QED) is 0.512. The molecule has 0 aliphatic heterocycles. The predicted molar refractivity (Wildman–Crippen MR) is 111 cm³/mol. The lowest BCUT2D eigenvalue weighted by Crippen LogP contribution is -2.43. The monoisotopic (exact) mass is 387 g/mol. The van der Waals surface area contributed by atoms with Gasteiger partial charge in [0.05, 0.1) is 20.1 Å². The Kier molecular flexibility index (Phi) is 9.05. The molecule has 5 heteroatoms. The van der Waals surface area contributed by atoms with Gasteiger partial charge in [-0.2, -0.15) is 0 Å². The molecule has 1 aliphatic carbocycles. The second-order valence-corrected chi connectivity index (χ2v) is 7.52. The number of rotatable bonds is 7. The SMILES string of the molecule is COC(=O)C(C)CN(C(=O)/C=C/c1cccc(OC)c1)C1CCCCCCC1. The second-order valence-electron chi connectivity index (χ2n) is 7.52. The van der Waals surface area contributed by atoms with E-state index in [4.69, 9.17) is 9.47 Å². The average Bonchev–Trinajstić information content (AvgIpc) is 2.69. The van der Waals surface area contributed by atoms with Gasteiger partial charge in [-0.3, -0.25) is 9.59 Å². The fraction of sp³-hybridized carbons (Fsp3) is 0.565. The van der Waals surface area contributed by atoms with Crippen LogP contribution in [0.3, 0.4) is 0 Å². The third kappa shape index (κ3) is 6.70. The maximum Gasteiger partial charge on any atom is 0.310 e. The Morgan fingerprint density at radius 2 is 1.82 bits per heavy atom. The Morgan fingerprint density at radius 3 is 2.46 bits per heavy atom. The number of methoxy groups -OCH3 is 2. The van der Waals surface area contributed by atoms with Crippen molar-refractivity contribution in [3.8, 4) is 5.75 Å². The van der Waals surface area contributed by atoms with Crippen molar-refractivity contribution in [2.45, 2.75) is 57.9 Å². The number of ether oxygens (including phenoxy) is 2. The first-order valence-corrected chi connectivity index (χ1v) is 10.3. The molecule has 0 radical (unpaired) electrons. The molecule has 2 rings (SSSR count). The third-order valence-electron chi connectivity index (χ3n) is 5.38. The summed E-state index contributed by atoms with van der Waals surface area (Å²) >= 11 is 0. The molecule has 1 fully saturated rings. The molecule has 1 amide bonds. The molecule has 5 nitrogen and oxygen atoms in total.